The largest absolute Gasteiger partial charge is 0.502 e. The minimum Gasteiger partial charge on any atom is -0.502 e. The molecule has 0 saturated carbocycles. The smallest absolute Gasteiger partial charge is 0.251 e. The molecule has 0 atom stereocenters. The molecule has 1 saturated heterocycles. The molecule has 7 heteroatoms. The van der Waals surface area contributed by atoms with Crippen LogP contribution in [0.1, 0.15) is 16.8 Å². The van der Waals surface area contributed by atoms with Gasteiger partial charge in [0.25, 0.3) is 5.91 Å². The van der Waals surface area contributed by atoms with Gasteiger partial charge in [-0.25, -0.2) is 10.9 Å². The number of carbonyl (C=O) groups excluding carboxylic acids is 1. The van der Waals surface area contributed by atoms with Gasteiger partial charge in [-0.15, -0.1) is 12.3 Å². The summed E-state index contributed by atoms with van der Waals surface area (Å²) in [6, 6.07) is 2.88. The second kappa shape index (κ2) is 5.91. The van der Waals surface area contributed by atoms with E-state index in [1.807, 2.05) is 0 Å². The molecule has 0 spiro atoms. The maximum absolute atomic E-state index is 12.2. The first-order chi connectivity index (χ1) is 10.0. The number of benzene rings is 1. The fraction of sp³-hybridized carbons (Fsp3) is 0.357. The van der Waals surface area contributed by atoms with Crippen LogP contribution in [-0.2, 0) is 0 Å². The van der Waals surface area contributed by atoms with Gasteiger partial charge in [0.1, 0.15) is 5.66 Å². The number of rotatable bonds is 6. The molecule has 0 unspecified atom stereocenters. The van der Waals surface area contributed by atoms with E-state index >= 15 is 0 Å². The Bertz CT molecular complexity index is 565. The summed E-state index contributed by atoms with van der Waals surface area (Å²) >= 11 is 0. The van der Waals surface area contributed by atoms with Crippen LogP contribution in [0.15, 0.2) is 12.1 Å². The maximum atomic E-state index is 12.2. The number of phenols is 1. The van der Waals surface area contributed by atoms with Gasteiger partial charge in [-0.2, -0.15) is 0 Å². The van der Waals surface area contributed by atoms with Crippen molar-refractivity contribution in [2.75, 3.05) is 20.8 Å². The Hall–Kier alpha value is -2.43. The van der Waals surface area contributed by atoms with Crippen LogP contribution in [0, 0.1) is 12.3 Å². The van der Waals surface area contributed by atoms with Gasteiger partial charge in [0.2, 0.25) is 5.75 Å². The molecule has 1 amide bonds. The predicted octanol–water partition coefficient (Wildman–Crippen LogP) is -0.0334. The van der Waals surface area contributed by atoms with Gasteiger partial charge in [-0.1, -0.05) is 0 Å². The van der Waals surface area contributed by atoms with Crippen molar-refractivity contribution in [3.05, 3.63) is 17.7 Å². The summed E-state index contributed by atoms with van der Waals surface area (Å²) < 4.78 is 10.0. The molecule has 1 aliphatic heterocycles. The molecule has 1 aliphatic rings. The number of hydrazine groups is 1. The number of carbonyl (C=O) groups is 1. The predicted molar refractivity (Wildman–Crippen MR) is 76.0 cm³/mol. The highest BCUT2D eigenvalue weighted by atomic mass is 16.5. The number of methoxy groups -OCH3 is 2. The van der Waals surface area contributed by atoms with Crippen molar-refractivity contribution in [3.63, 3.8) is 0 Å². The highest BCUT2D eigenvalue weighted by Gasteiger charge is 2.41. The van der Waals surface area contributed by atoms with E-state index in [2.05, 4.69) is 22.1 Å². The van der Waals surface area contributed by atoms with Gasteiger partial charge in [-0.05, 0) is 12.1 Å². The summed E-state index contributed by atoms with van der Waals surface area (Å²) in [4.78, 5) is 12.2. The van der Waals surface area contributed by atoms with Crippen LogP contribution in [0.5, 0.6) is 17.2 Å². The summed E-state index contributed by atoms with van der Waals surface area (Å²) in [5, 5.41) is 12.6. The first-order valence-electron chi connectivity index (χ1n) is 6.26. The number of hydrogen-bond donors (Lipinski definition) is 4. The number of amides is 1. The first kappa shape index (κ1) is 15.0. The molecule has 1 fully saturated rings. The molecule has 0 aromatic heterocycles. The van der Waals surface area contributed by atoms with Crippen molar-refractivity contribution >= 4 is 5.91 Å². The lowest BCUT2D eigenvalue weighted by Crippen LogP contribution is -2.37. The molecule has 1 aromatic rings. The van der Waals surface area contributed by atoms with Crippen LogP contribution in [0.3, 0.4) is 0 Å². The summed E-state index contributed by atoms with van der Waals surface area (Å²) in [7, 11) is 2.80. The molecule has 0 bridgehead atoms. The van der Waals surface area contributed by atoms with Crippen molar-refractivity contribution in [2.45, 2.75) is 12.1 Å². The van der Waals surface area contributed by atoms with Gasteiger partial charge in [0.15, 0.2) is 11.5 Å². The van der Waals surface area contributed by atoms with Crippen molar-refractivity contribution in [2.24, 2.45) is 0 Å². The van der Waals surface area contributed by atoms with E-state index in [-0.39, 0.29) is 23.2 Å². The number of aromatic hydroxyl groups is 1. The second-order valence-electron chi connectivity index (χ2n) is 4.63. The highest BCUT2D eigenvalue weighted by molar-refractivity contribution is 5.95. The summed E-state index contributed by atoms with van der Waals surface area (Å²) in [6.07, 6.45) is 5.71. The third kappa shape index (κ3) is 3.18. The van der Waals surface area contributed by atoms with Crippen LogP contribution in [0.4, 0.5) is 0 Å². The Labute approximate surface area is 122 Å². The van der Waals surface area contributed by atoms with Crippen LogP contribution < -0.4 is 25.6 Å². The quantitative estimate of drug-likeness (QED) is 0.432. The van der Waals surface area contributed by atoms with Gasteiger partial charge in [0, 0.05) is 12.0 Å². The number of nitrogens with one attached hydrogen (secondary N) is 3. The molecule has 1 aromatic carbocycles. The fourth-order valence-electron chi connectivity index (χ4n) is 1.86. The average molecular weight is 291 g/mol. The van der Waals surface area contributed by atoms with Crippen LogP contribution in [0.25, 0.3) is 0 Å². The highest BCUT2D eigenvalue weighted by Crippen LogP contribution is 2.37. The SMILES string of the molecule is C#CCC1(CNC(=O)c2cc(OC)c(O)c(OC)c2)NN1. The molecule has 1 heterocycles. The zero-order valence-electron chi connectivity index (χ0n) is 11.8. The zero-order chi connectivity index (χ0) is 15.5. The van der Waals surface area contributed by atoms with E-state index in [9.17, 15) is 9.90 Å². The van der Waals surface area contributed by atoms with Gasteiger partial charge >= 0.3 is 0 Å². The molecule has 21 heavy (non-hydrogen) atoms. The van der Waals surface area contributed by atoms with Gasteiger partial charge < -0.3 is 19.9 Å². The molecule has 112 valence electrons. The summed E-state index contributed by atoms with van der Waals surface area (Å²) in [5.41, 5.74) is 5.71. The van der Waals surface area contributed by atoms with E-state index in [1.165, 1.54) is 26.4 Å². The van der Waals surface area contributed by atoms with Crippen molar-refractivity contribution < 1.29 is 19.4 Å². The molecular formula is C14H17N3O4. The molecule has 7 nitrogen and oxygen atoms in total. The standard InChI is InChI=1S/C14H17N3O4/c1-4-5-14(16-17-14)8-15-13(19)9-6-10(20-2)12(18)11(7-9)21-3/h1,6-7,16-18H,5,8H2,2-3H3,(H,15,19). The minimum atomic E-state index is -0.435. The molecule has 2 rings (SSSR count). The number of ether oxygens (including phenoxy) is 2. The van der Waals surface area contributed by atoms with E-state index in [0.717, 1.165) is 0 Å². The summed E-state index contributed by atoms with van der Waals surface area (Å²) in [6.45, 7) is 0.335. The van der Waals surface area contributed by atoms with E-state index < -0.39 is 5.66 Å². The lowest BCUT2D eigenvalue weighted by Gasteiger charge is -2.13. The Morgan fingerprint density at radius 1 is 1.38 bits per heavy atom. The van der Waals surface area contributed by atoms with Crippen molar-refractivity contribution in [1.82, 2.24) is 16.2 Å². The van der Waals surface area contributed by atoms with Crippen molar-refractivity contribution in [1.29, 1.82) is 0 Å². The first-order valence-corrected chi connectivity index (χ1v) is 6.26. The lowest BCUT2D eigenvalue weighted by atomic mass is 10.1. The van der Waals surface area contributed by atoms with Gasteiger partial charge in [-0.3, -0.25) is 4.79 Å². The Kier molecular flexibility index (Phi) is 4.21. The Morgan fingerprint density at radius 2 is 1.95 bits per heavy atom. The summed E-state index contributed by atoms with van der Waals surface area (Å²) in [5.74, 6) is 2.39. The van der Waals surface area contributed by atoms with Crippen LogP contribution in [-0.4, -0.2) is 37.4 Å². The van der Waals surface area contributed by atoms with Crippen molar-refractivity contribution in [3.8, 4) is 29.6 Å². The Balaban J connectivity index is 2.11. The molecule has 0 aliphatic carbocycles. The normalized spacial score (nSPS) is 14.9. The molecule has 0 radical (unpaired) electrons. The minimum absolute atomic E-state index is 0.147. The second-order valence-corrected chi connectivity index (χ2v) is 4.63. The fourth-order valence-corrected chi connectivity index (χ4v) is 1.86. The average Bonchev–Trinajstić information content (AvgIpc) is 3.25. The number of hydrogen-bond acceptors (Lipinski definition) is 6. The topological polar surface area (TPSA) is 112 Å². The van der Waals surface area contributed by atoms with E-state index in [4.69, 9.17) is 15.9 Å². The monoisotopic (exact) mass is 291 g/mol. The number of terminal acetylenes is 1. The third-order valence-corrected chi connectivity index (χ3v) is 3.18. The maximum Gasteiger partial charge on any atom is 0.251 e. The Morgan fingerprint density at radius 3 is 2.38 bits per heavy atom. The van der Waals surface area contributed by atoms with E-state index in [1.54, 1.807) is 0 Å². The molecular weight excluding hydrogens is 274 g/mol. The van der Waals surface area contributed by atoms with Gasteiger partial charge in [0.05, 0.1) is 20.8 Å². The zero-order valence-corrected chi connectivity index (χ0v) is 11.8. The molecule has 4 N–H and O–H groups in total. The van der Waals surface area contributed by atoms with Crippen LogP contribution >= 0.6 is 0 Å². The lowest BCUT2D eigenvalue weighted by molar-refractivity contribution is 0.0948. The van der Waals surface area contributed by atoms with E-state index in [0.29, 0.717) is 18.5 Å². The number of phenolic OH excluding ortho intramolecular Hbond substituents is 1. The van der Waals surface area contributed by atoms with Crippen LogP contribution in [0.2, 0.25) is 0 Å². The third-order valence-electron chi connectivity index (χ3n) is 3.18.